The summed E-state index contributed by atoms with van der Waals surface area (Å²) in [5.74, 6) is 1.66. The Hall–Kier alpha value is -0.610. The topological polar surface area (TPSA) is 41.6 Å². The van der Waals surface area contributed by atoms with Gasteiger partial charge in [-0.25, -0.2) is 0 Å². The second-order valence-electron chi connectivity index (χ2n) is 6.14. The van der Waals surface area contributed by atoms with Gasteiger partial charge in [0.15, 0.2) is 0 Å². The number of carbonyl (C=O) groups is 1. The lowest BCUT2D eigenvalue weighted by Gasteiger charge is -2.27. The minimum Gasteiger partial charge on any atom is -0.465 e. The first-order chi connectivity index (χ1) is 8.92. The molecule has 112 valence electrons. The third-order valence-electron chi connectivity index (χ3n) is 4.32. The van der Waals surface area contributed by atoms with E-state index in [4.69, 9.17) is 4.74 Å². The first-order valence-corrected chi connectivity index (χ1v) is 7.47. The molecule has 0 aromatic rings. The molecule has 3 unspecified atom stereocenters. The molecule has 0 radical (unpaired) electrons. The molecule has 4 heteroatoms. The summed E-state index contributed by atoms with van der Waals surface area (Å²) >= 11 is 0. The molecule has 1 aliphatic rings. The third kappa shape index (κ3) is 5.11. The van der Waals surface area contributed by atoms with E-state index in [0.717, 1.165) is 31.2 Å². The fourth-order valence-electron chi connectivity index (χ4n) is 2.47. The Morgan fingerprint density at radius 3 is 2.63 bits per heavy atom. The van der Waals surface area contributed by atoms with Gasteiger partial charge in [-0.1, -0.05) is 6.92 Å². The number of hydrogen-bond acceptors (Lipinski definition) is 4. The van der Waals surface area contributed by atoms with E-state index in [1.54, 1.807) is 0 Å². The van der Waals surface area contributed by atoms with Crippen molar-refractivity contribution in [1.82, 2.24) is 10.2 Å². The molecule has 1 saturated carbocycles. The predicted octanol–water partition coefficient (Wildman–Crippen LogP) is 1.90. The molecular formula is C15H30N2O2. The summed E-state index contributed by atoms with van der Waals surface area (Å²) < 4.78 is 5.13. The minimum atomic E-state index is -0.552. The van der Waals surface area contributed by atoms with Gasteiger partial charge >= 0.3 is 5.97 Å². The Morgan fingerprint density at radius 1 is 1.53 bits per heavy atom. The average molecular weight is 270 g/mol. The zero-order valence-electron chi connectivity index (χ0n) is 13.2. The van der Waals surface area contributed by atoms with Crippen LogP contribution in [0.25, 0.3) is 0 Å². The van der Waals surface area contributed by atoms with Gasteiger partial charge in [0.25, 0.3) is 0 Å². The van der Waals surface area contributed by atoms with Crippen LogP contribution in [0.15, 0.2) is 0 Å². The average Bonchev–Trinajstić information content (AvgIpc) is 3.04. The molecular weight excluding hydrogens is 240 g/mol. The molecule has 1 fully saturated rings. The molecule has 0 spiro atoms. The molecule has 1 rings (SSSR count). The fraction of sp³-hybridized carbons (Fsp3) is 0.933. The van der Waals surface area contributed by atoms with E-state index in [0.29, 0.717) is 6.61 Å². The zero-order chi connectivity index (χ0) is 14.5. The monoisotopic (exact) mass is 270 g/mol. The molecule has 0 heterocycles. The third-order valence-corrected chi connectivity index (χ3v) is 4.32. The van der Waals surface area contributed by atoms with Crippen molar-refractivity contribution in [2.24, 2.45) is 11.8 Å². The van der Waals surface area contributed by atoms with Crippen LogP contribution >= 0.6 is 0 Å². The predicted molar refractivity (Wildman–Crippen MR) is 78.1 cm³/mol. The number of ether oxygens (including phenoxy) is 1. The zero-order valence-corrected chi connectivity index (χ0v) is 13.2. The minimum absolute atomic E-state index is 0.143. The largest absolute Gasteiger partial charge is 0.465 e. The van der Waals surface area contributed by atoms with Crippen molar-refractivity contribution in [1.29, 1.82) is 0 Å². The summed E-state index contributed by atoms with van der Waals surface area (Å²) in [6.07, 6.45) is 3.20. The Balaban J connectivity index is 2.26. The lowest BCUT2D eigenvalue weighted by atomic mass is 9.96. The van der Waals surface area contributed by atoms with Crippen LogP contribution in [0.5, 0.6) is 0 Å². The van der Waals surface area contributed by atoms with Crippen molar-refractivity contribution in [2.45, 2.75) is 45.6 Å². The van der Waals surface area contributed by atoms with Gasteiger partial charge < -0.3 is 15.0 Å². The van der Waals surface area contributed by atoms with Crippen molar-refractivity contribution in [3.8, 4) is 0 Å². The molecule has 4 nitrogen and oxygen atoms in total. The summed E-state index contributed by atoms with van der Waals surface area (Å²) in [6, 6.07) is 0. The van der Waals surface area contributed by atoms with Crippen LogP contribution in [0.1, 0.15) is 40.0 Å². The summed E-state index contributed by atoms with van der Waals surface area (Å²) in [6.45, 7) is 8.76. The van der Waals surface area contributed by atoms with E-state index in [1.807, 2.05) is 20.9 Å². The van der Waals surface area contributed by atoms with E-state index in [-0.39, 0.29) is 5.97 Å². The smallest absolute Gasteiger partial charge is 0.326 e. The number of nitrogens with one attached hydrogen (secondary N) is 1. The molecule has 19 heavy (non-hydrogen) atoms. The van der Waals surface area contributed by atoms with E-state index in [9.17, 15) is 4.79 Å². The van der Waals surface area contributed by atoms with Gasteiger partial charge in [0.1, 0.15) is 5.54 Å². The molecule has 0 saturated heterocycles. The Bertz CT molecular complexity index is 296. The van der Waals surface area contributed by atoms with Crippen LogP contribution in [0.4, 0.5) is 0 Å². The maximum absolute atomic E-state index is 11.9. The highest BCUT2D eigenvalue weighted by Crippen LogP contribution is 2.37. The van der Waals surface area contributed by atoms with Crippen molar-refractivity contribution in [2.75, 3.05) is 33.8 Å². The van der Waals surface area contributed by atoms with Crippen LogP contribution in [0.2, 0.25) is 0 Å². The molecule has 3 atom stereocenters. The van der Waals surface area contributed by atoms with Crippen LogP contribution in [0, 0.1) is 11.8 Å². The second-order valence-corrected chi connectivity index (χ2v) is 6.14. The summed E-state index contributed by atoms with van der Waals surface area (Å²) in [4.78, 5) is 14.3. The van der Waals surface area contributed by atoms with E-state index >= 15 is 0 Å². The van der Waals surface area contributed by atoms with Crippen molar-refractivity contribution >= 4 is 5.97 Å². The summed E-state index contributed by atoms with van der Waals surface area (Å²) in [5.41, 5.74) is -0.552. The molecule has 1 aliphatic carbocycles. The standard InChI is InChI=1S/C15H30N2O2/c1-6-19-14(18)15(3,16-4)8-7-9-17(5)11-13-10-12(13)2/h12-13,16H,6-11H2,1-5H3. The molecule has 1 N–H and O–H groups in total. The highest BCUT2D eigenvalue weighted by Gasteiger charge is 2.34. The van der Waals surface area contributed by atoms with Crippen LogP contribution in [-0.4, -0.2) is 50.2 Å². The lowest BCUT2D eigenvalue weighted by Crippen LogP contribution is -2.49. The second kappa shape index (κ2) is 7.25. The Morgan fingerprint density at radius 2 is 2.16 bits per heavy atom. The van der Waals surface area contributed by atoms with Gasteiger partial charge in [-0.05, 0) is 65.6 Å². The number of carbonyl (C=O) groups excluding carboxylic acids is 1. The Kier molecular flexibility index (Phi) is 6.27. The van der Waals surface area contributed by atoms with Crippen molar-refractivity contribution in [3.05, 3.63) is 0 Å². The van der Waals surface area contributed by atoms with Crippen molar-refractivity contribution in [3.63, 3.8) is 0 Å². The number of likely N-dealkylation sites (N-methyl/N-ethyl adjacent to an activating group) is 1. The van der Waals surface area contributed by atoms with Crippen LogP contribution in [-0.2, 0) is 9.53 Å². The fourth-order valence-corrected chi connectivity index (χ4v) is 2.47. The molecule has 0 aromatic heterocycles. The van der Waals surface area contributed by atoms with E-state index in [1.165, 1.54) is 13.0 Å². The molecule has 0 aromatic carbocycles. The molecule has 0 aliphatic heterocycles. The van der Waals surface area contributed by atoms with Crippen LogP contribution < -0.4 is 5.32 Å². The highest BCUT2D eigenvalue weighted by molar-refractivity contribution is 5.80. The van der Waals surface area contributed by atoms with Crippen molar-refractivity contribution < 1.29 is 9.53 Å². The van der Waals surface area contributed by atoms with E-state index < -0.39 is 5.54 Å². The molecule has 0 amide bonds. The SMILES string of the molecule is CCOC(=O)C(C)(CCCN(C)CC1CC1C)NC. The summed E-state index contributed by atoms with van der Waals surface area (Å²) in [7, 11) is 4.00. The first-order valence-electron chi connectivity index (χ1n) is 7.47. The van der Waals surface area contributed by atoms with Gasteiger partial charge in [-0.2, -0.15) is 0 Å². The molecule has 0 bridgehead atoms. The maximum atomic E-state index is 11.9. The number of esters is 1. The number of hydrogen-bond donors (Lipinski definition) is 1. The van der Waals surface area contributed by atoms with Gasteiger partial charge in [-0.3, -0.25) is 4.79 Å². The number of nitrogens with zero attached hydrogens (tertiary/aromatic N) is 1. The summed E-state index contributed by atoms with van der Waals surface area (Å²) in [5, 5.41) is 3.10. The van der Waals surface area contributed by atoms with Gasteiger partial charge in [0, 0.05) is 6.54 Å². The Labute approximate surface area is 117 Å². The normalized spacial score (nSPS) is 25.2. The maximum Gasteiger partial charge on any atom is 0.326 e. The van der Waals surface area contributed by atoms with E-state index in [2.05, 4.69) is 24.2 Å². The van der Waals surface area contributed by atoms with Gasteiger partial charge in [0.05, 0.1) is 6.61 Å². The van der Waals surface area contributed by atoms with Gasteiger partial charge in [-0.15, -0.1) is 0 Å². The lowest BCUT2D eigenvalue weighted by molar-refractivity contribution is -0.150. The van der Waals surface area contributed by atoms with Gasteiger partial charge in [0.2, 0.25) is 0 Å². The highest BCUT2D eigenvalue weighted by atomic mass is 16.5. The first kappa shape index (κ1) is 16.4. The van der Waals surface area contributed by atoms with Crippen LogP contribution in [0.3, 0.4) is 0 Å². The quantitative estimate of drug-likeness (QED) is 0.650. The number of rotatable bonds is 9.